The van der Waals surface area contributed by atoms with Crippen molar-refractivity contribution in [2.24, 2.45) is 0 Å². The molecule has 3 N–H and O–H groups in total. The van der Waals surface area contributed by atoms with Gasteiger partial charge in [-0.1, -0.05) is 6.07 Å². The van der Waals surface area contributed by atoms with Gasteiger partial charge in [-0.3, -0.25) is 4.55 Å². The van der Waals surface area contributed by atoms with Crippen LogP contribution in [0.3, 0.4) is 0 Å². The average molecular weight is 525 g/mol. The summed E-state index contributed by atoms with van der Waals surface area (Å²) in [7, 11) is -6.37. The molecule has 7 nitrogen and oxygen atoms in total. The minimum atomic E-state index is -6.37. The van der Waals surface area contributed by atoms with Crippen LogP contribution in [0.5, 0.6) is 0 Å². The molecule has 35 heavy (non-hydrogen) atoms. The highest BCUT2D eigenvalue weighted by Crippen LogP contribution is 2.56. The smallest absolute Gasteiger partial charge is 0.431 e. The molecule has 0 heterocycles. The summed E-state index contributed by atoms with van der Waals surface area (Å²) < 4.78 is 88.4. The maximum Gasteiger partial charge on any atom is 0.431 e. The van der Waals surface area contributed by atoms with Gasteiger partial charge in [0.1, 0.15) is 0 Å². The van der Waals surface area contributed by atoms with Gasteiger partial charge in [0.2, 0.25) is 0 Å². The Labute approximate surface area is 200 Å². The van der Waals surface area contributed by atoms with E-state index < -0.39 is 51.5 Å². The Morgan fingerprint density at radius 3 is 2.06 bits per heavy atom. The lowest BCUT2D eigenvalue weighted by atomic mass is 9.69. The molecule has 12 heteroatoms. The van der Waals surface area contributed by atoms with Gasteiger partial charge in [-0.2, -0.15) is 26.0 Å². The second kappa shape index (κ2) is 8.67. The van der Waals surface area contributed by atoms with Crippen LogP contribution in [0.4, 0.5) is 17.6 Å². The molecule has 0 aromatic heterocycles. The number of hydrogen-bond acceptors (Lipinski definition) is 6. The molecule has 2 fully saturated rings. The molecule has 1 aromatic carbocycles. The lowest BCUT2D eigenvalue weighted by Gasteiger charge is -2.41. The molecule has 2 saturated carbocycles. The lowest BCUT2D eigenvalue weighted by molar-refractivity contribution is -0.168. The fourth-order valence-corrected chi connectivity index (χ4v) is 6.52. The predicted molar refractivity (Wildman–Crippen MR) is 115 cm³/mol. The summed E-state index contributed by atoms with van der Waals surface area (Å²) in [6.45, 7) is -1.22. The third kappa shape index (κ3) is 4.47. The number of fused-ring (bicyclic) bond motifs is 5. The molecule has 4 rings (SSSR count). The van der Waals surface area contributed by atoms with Crippen molar-refractivity contribution in [3.8, 4) is 0 Å². The summed E-state index contributed by atoms with van der Waals surface area (Å²) in [5, 5.41) is 16.9. The number of alkyl halides is 4. The van der Waals surface area contributed by atoms with Crippen LogP contribution in [0.15, 0.2) is 18.2 Å². The molecule has 0 aliphatic heterocycles. The third-order valence-corrected chi connectivity index (χ3v) is 8.91. The fourth-order valence-electron chi connectivity index (χ4n) is 6.04. The van der Waals surface area contributed by atoms with Gasteiger partial charge in [0, 0.05) is 11.8 Å². The second-order valence-electron chi connectivity index (χ2n) is 10.0. The highest BCUT2D eigenvalue weighted by atomic mass is 32.2. The quantitative estimate of drug-likeness (QED) is 0.291. The first-order chi connectivity index (χ1) is 16.1. The molecule has 0 bridgehead atoms. The summed E-state index contributed by atoms with van der Waals surface area (Å²) in [5.41, 5.74) is -0.544. The van der Waals surface area contributed by atoms with Gasteiger partial charge in [-0.15, -0.1) is 0 Å². The predicted octanol–water partition coefficient (Wildman–Crippen LogP) is 4.14. The van der Waals surface area contributed by atoms with Crippen LogP contribution in [0.2, 0.25) is 0 Å². The topological polar surface area (TPSA) is 121 Å². The molecular formula is C23H28F4O7S. The Morgan fingerprint density at radius 2 is 1.51 bits per heavy atom. The first-order valence-corrected chi connectivity index (χ1v) is 13.0. The van der Waals surface area contributed by atoms with Crippen molar-refractivity contribution in [2.45, 2.75) is 92.0 Å². The van der Waals surface area contributed by atoms with E-state index in [1.807, 2.05) is 0 Å². The number of rotatable bonds is 6. The molecule has 0 amide bonds. The van der Waals surface area contributed by atoms with Gasteiger partial charge in [0.15, 0.2) is 0 Å². The van der Waals surface area contributed by atoms with Gasteiger partial charge in [0.25, 0.3) is 0 Å². The van der Waals surface area contributed by atoms with Gasteiger partial charge >= 0.3 is 27.3 Å². The zero-order chi connectivity index (χ0) is 25.9. The molecule has 1 aromatic rings. The SMILES string of the molecule is O=C(OCCC(F)(F)C(F)(F)S(=O)(=O)O)c1ccc2c(c1)[C@H]1CCCC1(O)CCC1(O)CCCC21. The van der Waals surface area contributed by atoms with E-state index >= 15 is 0 Å². The lowest BCUT2D eigenvalue weighted by Crippen LogP contribution is -2.47. The summed E-state index contributed by atoms with van der Waals surface area (Å²) >= 11 is 0. The Bertz CT molecular complexity index is 1110. The van der Waals surface area contributed by atoms with E-state index in [0.717, 1.165) is 24.8 Å². The van der Waals surface area contributed by atoms with E-state index in [9.17, 15) is 41.0 Å². The highest BCUT2D eigenvalue weighted by molar-refractivity contribution is 7.87. The summed E-state index contributed by atoms with van der Waals surface area (Å²) in [6.07, 6.45) is 3.19. The van der Waals surface area contributed by atoms with E-state index in [0.29, 0.717) is 37.7 Å². The Kier molecular flexibility index (Phi) is 6.52. The number of benzene rings is 1. The van der Waals surface area contributed by atoms with Crippen molar-refractivity contribution >= 4 is 16.1 Å². The molecule has 4 atom stereocenters. The Hall–Kier alpha value is -1.76. The molecular weight excluding hydrogens is 496 g/mol. The number of hydrogen-bond donors (Lipinski definition) is 3. The maximum atomic E-state index is 13.7. The van der Waals surface area contributed by atoms with Crippen molar-refractivity contribution in [3.05, 3.63) is 34.9 Å². The van der Waals surface area contributed by atoms with E-state index in [-0.39, 0.29) is 17.4 Å². The highest BCUT2D eigenvalue weighted by Gasteiger charge is 2.65. The Morgan fingerprint density at radius 1 is 0.971 bits per heavy atom. The van der Waals surface area contributed by atoms with Crippen molar-refractivity contribution in [1.82, 2.24) is 0 Å². The summed E-state index contributed by atoms with van der Waals surface area (Å²) in [6, 6.07) is 4.58. The monoisotopic (exact) mass is 524 g/mol. The normalized spacial score (nSPS) is 31.2. The zero-order valence-electron chi connectivity index (χ0n) is 18.9. The van der Waals surface area contributed by atoms with Gasteiger partial charge in [0.05, 0.1) is 29.8 Å². The molecule has 3 unspecified atom stereocenters. The van der Waals surface area contributed by atoms with Crippen molar-refractivity contribution in [3.63, 3.8) is 0 Å². The van der Waals surface area contributed by atoms with Crippen LogP contribution >= 0.6 is 0 Å². The standard InChI is InChI=1S/C23H28F4O7S/c24-22(25,23(26,27)35(31,32)33)11-12-34-19(28)14-5-6-15-16(13-14)18-4-2-8-21(18,30)10-9-20(29)7-1-3-17(15)20/h5-6,13,17-18,29-30H,1-4,7-12H2,(H,31,32,33)/t17?,18-,20?,21?/m1/s1. The molecule has 3 aliphatic carbocycles. The molecule has 0 spiro atoms. The summed E-state index contributed by atoms with van der Waals surface area (Å²) in [4.78, 5) is 12.5. The molecule has 196 valence electrons. The van der Waals surface area contributed by atoms with Crippen molar-refractivity contribution in [2.75, 3.05) is 6.61 Å². The van der Waals surface area contributed by atoms with Crippen LogP contribution in [-0.2, 0) is 14.9 Å². The zero-order valence-corrected chi connectivity index (χ0v) is 19.7. The number of halogens is 4. The first kappa shape index (κ1) is 26.3. The fraction of sp³-hybridized carbons (Fsp3) is 0.696. The first-order valence-electron chi connectivity index (χ1n) is 11.6. The van der Waals surface area contributed by atoms with Gasteiger partial charge in [-0.05, 0) is 74.6 Å². The number of ether oxygens (including phenoxy) is 1. The molecule has 0 saturated heterocycles. The number of carbonyl (C=O) groups is 1. The summed E-state index contributed by atoms with van der Waals surface area (Å²) in [5.74, 6) is -6.70. The number of esters is 1. The van der Waals surface area contributed by atoms with E-state index in [1.54, 1.807) is 6.07 Å². The average Bonchev–Trinajstić information content (AvgIpc) is 3.33. The third-order valence-electron chi connectivity index (χ3n) is 7.97. The Balaban J connectivity index is 1.57. The molecule has 3 aliphatic rings. The second-order valence-corrected chi connectivity index (χ2v) is 11.5. The minimum Gasteiger partial charge on any atom is -0.462 e. The minimum absolute atomic E-state index is 0.0371. The van der Waals surface area contributed by atoms with Gasteiger partial charge < -0.3 is 14.9 Å². The van der Waals surface area contributed by atoms with Crippen LogP contribution in [0, 0.1) is 0 Å². The molecule has 0 radical (unpaired) electrons. The largest absolute Gasteiger partial charge is 0.462 e. The van der Waals surface area contributed by atoms with Crippen LogP contribution < -0.4 is 0 Å². The van der Waals surface area contributed by atoms with Crippen molar-refractivity contribution < 1.29 is 50.3 Å². The number of carbonyl (C=O) groups excluding carboxylic acids is 1. The van der Waals surface area contributed by atoms with Crippen LogP contribution in [0.25, 0.3) is 0 Å². The van der Waals surface area contributed by atoms with Crippen LogP contribution in [-0.4, -0.2) is 58.1 Å². The van der Waals surface area contributed by atoms with E-state index in [4.69, 9.17) is 9.29 Å². The number of aliphatic hydroxyl groups is 2. The van der Waals surface area contributed by atoms with Crippen LogP contribution in [0.1, 0.15) is 91.1 Å². The van der Waals surface area contributed by atoms with E-state index in [1.165, 1.54) is 12.1 Å². The van der Waals surface area contributed by atoms with E-state index in [2.05, 4.69) is 0 Å². The maximum absolute atomic E-state index is 13.7. The van der Waals surface area contributed by atoms with Crippen molar-refractivity contribution in [1.29, 1.82) is 0 Å². The van der Waals surface area contributed by atoms with Gasteiger partial charge in [-0.25, -0.2) is 4.79 Å².